The van der Waals surface area contributed by atoms with Gasteiger partial charge in [0.2, 0.25) is 5.88 Å². The number of benzene rings is 1. The normalized spacial score (nSPS) is 17.0. The van der Waals surface area contributed by atoms with Crippen molar-refractivity contribution >= 4 is 5.97 Å². The second kappa shape index (κ2) is 6.89. The van der Waals surface area contributed by atoms with E-state index in [2.05, 4.69) is 5.92 Å². The summed E-state index contributed by atoms with van der Waals surface area (Å²) in [4.78, 5) is 12.3. The van der Waals surface area contributed by atoms with E-state index in [1.54, 1.807) is 13.8 Å². The Morgan fingerprint density at radius 3 is 2.83 bits per heavy atom. The number of halogens is 1. The zero-order valence-corrected chi connectivity index (χ0v) is 13.2. The molecule has 1 unspecified atom stereocenters. The first-order valence-corrected chi connectivity index (χ1v) is 7.16. The van der Waals surface area contributed by atoms with Crippen LogP contribution in [0.1, 0.15) is 30.9 Å². The summed E-state index contributed by atoms with van der Waals surface area (Å²) in [5, 5.41) is 9.43. The maximum absolute atomic E-state index is 13.7. The number of nitrogens with two attached hydrogens (primary N) is 1. The molecule has 24 heavy (non-hydrogen) atoms. The molecule has 2 N–H and O–H groups in total. The molecule has 0 amide bonds. The molecule has 1 aliphatic heterocycles. The first-order chi connectivity index (χ1) is 11.4. The van der Waals surface area contributed by atoms with Crippen LogP contribution in [0.15, 0.2) is 41.0 Å². The summed E-state index contributed by atoms with van der Waals surface area (Å²) in [5.74, 6) is 0.305. The van der Waals surface area contributed by atoms with Gasteiger partial charge >= 0.3 is 5.97 Å². The first kappa shape index (κ1) is 17.1. The molecule has 1 aliphatic rings. The lowest BCUT2D eigenvalue weighted by Crippen LogP contribution is -2.25. The highest BCUT2D eigenvalue weighted by Crippen LogP contribution is 2.39. The molecule has 0 aliphatic carbocycles. The molecular weight excluding hydrogens is 311 g/mol. The van der Waals surface area contributed by atoms with E-state index in [4.69, 9.17) is 21.6 Å². The van der Waals surface area contributed by atoms with Gasteiger partial charge < -0.3 is 15.2 Å². The van der Waals surface area contributed by atoms with Crippen LogP contribution in [0.25, 0.3) is 0 Å². The second-order valence-corrected chi connectivity index (χ2v) is 5.00. The second-order valence-electron chi connectivity index (χ2n) is 5.00. The molecule has 122 valence electrons. The molecular formula is C18H15FN2O3. The highest BCUT2D eigenvalue weighted by Gasteiger charge is 2.36. The van der Waals surface area contributed by atoms with Crippen molar-refractivity contribution in [3.8, 4) is 18.4 Å². The van der Waals surface area contributed by atoms with Crippen molar-refractivity contribution in [2.24, 2.45) is 5.73 Å². The Morgan fingerprint density at radius 2 is 2.25 bits per heavy atom. The van der Waals surface area contributed by atoms with Gasteiger partial charge in [-0.1, -0.05) is 12.0 Å². The third kappa shape index (κ3) is 2.95. The number of carbonyl (C=O) groups is 1. The number of terminal acetylenes is 1. The van der Waals surface area contributed by atoms with Crippen LogP contribution in [-0.2, 0) is 14.3 Å². The summed E-state index contributed by atoms with van der Waals surface area (Å²) in [7, 11) is 0. The summed E-state index contributed by atoms with van der Waals surface area (Å²) in [6.07, 6.45) is 5.29. The summed E-state index contributed by atoms with van der Waals surface area (Å²) >= 11 is 0. The number of allylic oxidation sites excluding steroid dienone is 2. The lowest BCUT2D eigenvalue weighted by molar-refractivity contribution is -0.139. The minimum absolute atomic E-state index is 0.0238. The quantitative estimate of drug-likeness (QED) is 0.681. The topological polar surface area (TPSA) is 85.3 Å². The molecule has 0 saturated carbocycles. The lowest BCUT2D eigenvalue weighted by atomic mass is 9.82. The van der Waals surface area contributed by atoms with E-state index < -0.39 is 17.7 Å². The van der Waals surface area contributed by atoms with Crippen LogP contribution in [-0.4, -0.2) is 12.6 Å². The SMILES string of the molecule is C#Cc1cc(C2C(C#N)=C(N)OC(C)=C2C(=O)OCC)ccc1F. The van der Waals surface area contributed by atoms with E-state index in [0.717, 1.165) is 0 Å². The van der Waals surface area contributed by atoms with Crippen molar-refractivity contribution in [3.63, 3.8) is 0 Å². The van der Waals surface area contributed by atoms with Crippen molar-refractivity contribution < 1.29 is 18.7 Å². The van der Waals surface area contributed by atoms with Crippen molar-refractivity contribution in [2.75, 3.05) is 6.61 Å². The number of carbonyl (C=O) groups excluding carboxylic acids is 1. The van der Waals surface area contributed by atoms with Gasteiger partial charge in [-0.3, -0.25) is 0 Å². The van der Waals surface area contributed by atoms with E-state index in [1.807, 2.05) is 6.07 Å². The van der Waals surface area contributed by atoms with Crippen LogP contribution in [0.4, 0.5) is 4.39 Å². The van der Waals surface area contributed by atoms with Gasteiger partial charge in [0.05, 0.1) is 23.7 Å². The Kier molecular flexibility index (Phi) is 4.91. The molecule has 0 spiro atoms. The Balaban J connectivity index is 2.67. The van der Waals surface area contributed by atoms with Gasteiger partial charge in [-0.15, -0.1) is 6.42 Å². The number of hydrogen-bond acceptors (Lipinski definition) is 5. The number of rotatable bonds is 3. The first-order valence-electron chi connectivity index (χ1n) is 7.16. The third-order valence-corrected chi connectivity index (χ3v) is 3.58. The number of esters is 1. The molecule has 1 atom stereocenters. The van der Waals surface area contributed by atoms with Crippen LogP contribution >= 0.6 is 0 Å². The number of nitrogens with zero attached hydrogens (tertiary/aromatic N) is 1. The average molecular weight is 326 g/mol. The molecule has 0 radical (unpaired) electrons. The maximum Gasteiger partial charge on any atom is 0.338 e. The standard InChI is InChI=1S/C18H15FN2O3/c1-4-11-8-12(6-7-14(11)19)16-13(9-20)17(21)24-10(3)15(16)18(22)23-5-2/h1,6-8,16H,5,21H2,2-3H3. The van der Waals surface area contributed by atoms with Crippen LogP contribution in [0.2, 0.25) is 0 Å². The van der Waals surface area contributed by atoms with Gasteiger partial charge in [0, 0.05) is 0 Å². The predicted molar refractivity (Wildman–Crippen MR) is 84.3 cm³/mol. The molecule has 6 heteroatoms. The minimum atomic E-state index is -0.838. The van der Waals surface area contributed by atoms with Crippen LogP contribution < -0.4 is 5.73 Å². The summed E-state index contributed by atoms with van der Waals surface area (Å²) in [6.45, 7) is 3.37. The molecule has 0 aromatic heterocycles. The minimum Gasteiger partial charge on any atom is -0.463 e. The van der Waals surface area contributed by atoms with Gasteiger partial charge in [-0.05, 0) is 31.5 Å². The lowest BCUT2D eigenvalue weighted by Gasteiger charge is -2.27. The van der Waals surface area contributed by atoms with Crippen molar-refractivity contribution in [1.29, 1.82) is 5.26 Å². The van der Waals surface area contributed by atoms with Crippen LogP contribution in [0, 0.1) is 29.5 Å². The average Bonchev–Trinajstić information content (AvgIpc) is 2.54. The number of nitriles is 1. The van der Waals surface area contributed by atoms with E-state index in [0.29, 0.717) is 5.56 Å². The van der Waals surface area contributed by atoms with Crippen LogP contribution in [0.5, 0.6) is 0 Å². The van der Waals surface area contributed by atoms with Gasteiger partial charge in [0.15, 0.2) is 0 Å². The van der Waals surface area contributed by atoms with Crippen molar-refractivity contribution in [3.05, 3.63) is 57.9 Å². The predicted octanol–water partition coefficient (Wildman–Crippen LogP) is 2.45. The Morgan fingerprint density at radius 1 is 1.54 bits per heavy atom. The summed E-state index contributed by atoms with van der Waals surface area (Å²) in [5.41, 5.74) is 6.43. The fourth-order valence-corrected chi connectivity index (χ4v) is 2.52. The van der Waals surface area contributed by atoms with E-state index in [9.17, 15) is 14.4 Å². The summed E-state index contributed by atoms with van der Waals surface area (Å²) in [6, 6.07) is 5.98. The molecule has 2 rings (SSSR count). The monoisotopic (exact) mass is 326 g/mol. The number of ether oxygens (including phenoxy) is 2. The largest absolute Gasteiger partial charge is 0.463 e. The zero-order valence-electron chi connectivity index (χ0n) is 13.2. The maximum atomic E-state index is 13.7. The summed E-state index contributed by atoms with van der Waals surface area (Å²) < 4.78 is 24.0. The van der Waals surface area contributed by atoms with E-state index >= 15 is 0 Å². The van der Waals surface area contributed by atoms with Gasteiger partial charge in [-0.2, -0.15) is 5.26 Å². The fraction of sp³-hybridized carbons (Fsp3) is 0.222. The van der Waals surface area contributed by atoms with Gasteiger partial charge in [0.1, 0.15) is 23.2 Å². The third-order valence-electron chi connectivity index (χ3n) is 3.58. The van der Waals surface area contributed by atoms with E-state index in [-0.39, 0.29) is 35.0 Å². The molecule has 5 nitrogen and oxygen atoms in total. The van der Waals surface area contributed by atoms with E-state index in [1.165, 1.54) is 18.2 Å². The zero-order chi connectivity index (χ0) is 17.9. The molecule has 0 fully saturated rings. The van der Waals surface area contributed by atoms with Gasteiger partial charge in [0.25, 0.3) is 0 Å². The van der Waals surface area contributed by atoms with Crippen LogP contribution in [0.3, 0.4) is 0 Å². The fourth-order valence-electron chi connectivity index (χ4n) is 2.52. The smallest absolute Gasteiger partial charge is 0.338 e. The molecule has 1 aromatic rings. The molecule has 0 saturated heterocycles. The highest BCUT2D eigenvalue weighted by atomic mass is 19.1. The Labute approximate surface area is 139 Å². The van der Waals surface area contributed by atoms with Gasteiger partial charge in [-0.25, -0.2) is 9.18 Å². The number of hydrogen-bond donors (Lipinski definition) is 1. The molecule has 0 bridgehead atoms. The van der Waals surface area contributed by atoms with Crippen molar-refractivity contribution in [2.45, 2.75) is 19.8 Å². The Bertz CT molecular complexity index is 841. The molecule has 1 aromatic carbocycles. The molecule has 1 heterocycles. The Hall–Kier alpha value is -3.25. The highest BCUT2D eigenvalue weighted by molar-refractivity contribution is 5.92. The van der Waals surface area contributed by atoms with Crippen molar-refractivity contribution in [1.82, 2.24) is 0 Å².